The van der Waals surface area contributed by atoms with Crippen LogP contribution in [0.25, 0.3) is 0 Å². The topological polar surface area (TPSA) is 62.2 Å². The van der Waals surface area contributed by atoms with Crippen LogP contribution in [0.2, 0.25) is 0 Å². The van der Waals surface area contributed by atoms with Crippen LogP contribution in [0.1, 0.15) is 45.5 Å². The number of rotatable bonds is 7. The van der Waals surface area contributed by atoms with Crippen molar-refractivity contribution in [3.63, 3.8) is 0 Å². The molecule has 1 atom stereocenters. The molecule has 3 aromatic rings. The quantitative estimate of drug-likeness (QED) is 0.476. The summed E-state index contributed by atoms with van der Waals surface area (Å²) in [6.07, 6.45) is -1.06. The van der Waals surface area contributed by atoms with Gasteiger partial charge in [-0.2, -0.15) is 0 Å². The van der Waals surface area contributed by atoms with E-state index in [2.05, 4.69) is 11.9 Å². The third-order valence-corrected chi connectivity index (χ3v) is 6.93. The van der Waals surface area contributed by atoms with Crippen LogP contribution in [0.3, 0.4) is 0 Å². The normalized spacial score (nSPS) is 17.6. The molecule has 0 spiro atoms. The van der Waals surface area contributed by atoms with Crippen LogP contribution in [-0.4, -0.2) is 53.6 Å². The molecule has 3 aromatic carbocycles. The third kappa shape index (κ3) is 5.69. The van der Waals surface area contributed by atoms with Crippen LogP contribution < -0.4 is 9.47 Å². The van der Waals surface area contributed by atoms with E-state index in [4.69, 9.17) is 9.47 Å². The zero-order chi connectivity index (χ0) is 25.9. The Kier molecular flexibility index (Phi) is 7.28. The Bertz CT molecular complexity index is 1270. The number of likely N-dealkylation sites (N-methyl/N-ethyl adjacent to an activating group) is 1. The van der Waals surface area contributed by atoms with Crippen molar-refractivity contribution in [3.05, 3.63) is 88.5 Å². The van der Waals surface area contributed by atoms with Gasteiger partial charge in [0.1, 0.15) is 35.5 Å². The van der Waals surface area contributed by atoms with Crippen molar-refractivity contribution >= 4 is 5.91 Å². The Balaban J connectivity index is 1.37. The molecule has 6 nitrogen and oxygen atoms in total. The lowest BCUT2D eigenvalue weighted by Crippen LogP contribution is -2.36. The van der Waals surface area contributed by atoms with Gasteiger partial charge in [-0.1, -0.05) is 36.4 Å². The number of hydrogen-bond acceptors (Lipinski definition) is 5. The number of phenols is 1. The van der Waals surface area contributed by atoms with E-state index in [-0.39, 0.29) is 24.0 Å². The molecular weight excluding hydrogens is 478 g/mol. The van der Waals surface area contributed by atoms with Crippen LogP contribution in [-0.2, 0) is 19.6 Å². The predicted octanol–water partition coefficient (Wildman–Crippen LogP) is 5.19. The number of carbonyl (C=O) groups is 1. The van der Waals surface area contributed by atoms with Gasteiger partial charge in [-0.25, -0.2) is 8.78 Å². The van der Waals surface area contributed by atoms with Crippen LogP contribution in [0, 0.1) is 0 Å². The van der Waals surface area contributed by atoms with Crippen molar-refractivity contribution in [1.29, 1.82) is 0 Å². The largest absolute Gasteiger partial charge is 0.507 e. The minimum Gasteiger partial charge on any atom is -0.507 e. The minimum atomic E-state index is -2.81. The molecule has 1 amide bonds. The van der Waals surface area contributed by atoms with E-state index in [1.807, 2.05) is 48.5 Å². The first kappa shape index (κ1) is 25.0. The molecule has 5 rings (SSSR count). The Morgan fingerprint density at radius 1 is 1.08 bits per heavy atom. The molecule has 2 aliphatic heterocycles. The van der Waals surface area contributed by atoms with Gasteiger partial charge in [0.2, 0.25) is 0 Å². The first-order valence-electron chi connectivity index (χ1n) is 12.5. The highest BCUT2D eigenvalue weighted by atomic mass is 19.3. The molecule has 0 unspecified atom stereocenters. The van der Waals surface area contributed by atoms with E-state index < -0.39 is 23.6 Å². The lowest BCUT2D eigenvalue weighted by Gasteiger charge is -2.30. The van der Waals surface area contributed by atoms with Gasteiger partial charge in [-0.3, -0.25) is 4.79 Å². The van der Waals surface area contributed by atoms with Gasteiger partial charge in [-0.15, -0.1) is 0 Å². The summed E-state index contributed by atoms with van der Waals surface area (Å²) in [6, 6.07) is 17.3. The summed E-state index contributed by atoms with van der Waals surface area (Å²) in [5, 5.41) is 10.7. The van der Waals surface area contributed by atoms with Gasteiger partial charge >= 0.3 is 0 Å². The predicted molar refractivity (Wildman–Crippen MR) is 135 cm³/mol. The van der Waals surface area contributed by atoms with Gasteiger partial charge in [0, 0.05) is 31.7 Å². The highest BCUT2D eigenvalue weighted by molar-refractivity contribution is 6.00. The Hall–Kier alpha value is -3.65. The Morgan fingerprint density at radius 2 is 1.89 bits per heavy atom. The van der Waals surface area contributed by atoms with Gasteiger partial charge in [0.25, 0.3) is 12.3 Å². The molecule has 1 N–H and O–H groups in total. The number of phenolic OH excluding ortho intramolecular Hbond substituents is 1. The van der Waals surface area contributed by atoms with Gasteiger partial charge < -0.3 is 24.4 Å². The van der Waals surface area contributed by atoms with Crippen molar-refractivity contribution in [3.8, 4) is 17.2 Å². The Labute approximate surface area is 215 Å². The maximum atomic E-state index is 13.6. The molecule has 1 fully saturated rings. The average Bonchev–Trinajstić information content (AvgIpc) is 3.31. The molecule has 194 valence electrons. The second kappa shape index (κ2) is 10.8. The molecule has 0 aliphatic carbocycles. The number of amides is 1. The summed E-state index contributed by atoms with van der Waals surface area (Å²) in [6.45, 7) is 2.71. The van der Waals surface area contributed by atoms with E-state index in [1.54, 1.807) is 4.90 Å². The van der Waals surface area contributed by atoms with Gasteiger partial charge in [0.15, 0.2) is 0 Å². The van der Waals surface area contributed by atoms with Crippen molar-refractivity contribution in [2.24, 2.45) is 0 Å². The zero-order valence-corrected chi connectivity index (χ0v) is 20.7. The highest BCUT2D eigenvalue weighted by Gasteiger charge is 2.29. The molecular formula is C29H30F2N2O4. The Morgan fingerprint density at radius 3 is 2.62 bits per heavy atom. The van der Waals surface area contributed by atoms with Crippen LogP contribution in [0.15, 0.2) is 60.7 Å². The summed E-state index contributed by atoms with van der Waals surface area (Å²) in [7, 11) is 2.07. The van der Waals surface area contributed by atoms with E-state index in [0.717, 1.165) is 54.1 Å². The molecule has 2 heterocycles. The average molecular weight is 509 g/mol. The molecule has 37 heavy (non-hydrogen) atoms. The number of halogens is 2. The van der Waals surface area contributed by atoms with E-state index in [1.165, 1.54) is 0 Å². The molecule has 2 aliphatic rings. The fourth-order valence-corrected chi connectivity index (χ4v) is 4.93. The molecule has 1 saturated heterocycles. The van der Waals surface area contributed by atoms with Crippen LogP contribution >= 0.6 is 0 Å². The second-order valence-electron chi connectivity index (χ2n) is 9.69. The number of aromatic hydroxyl groups is 1. The smallest absolute Gasteiger partial charge is 0.264 e. The summed E-state index contributed by atoms with van der Waals surface area (Å²) >= 11 is 0. The number of nitrogens with zero attached hydrogens (tertiary/aromatic N) is 2. The lowest BCUT2D eigenvalue weighted by atomic mass is 9.98. The van der Waals surface area contributed by atoms with E-state index in [9.17, 15) is 18.7 Å². The van der Waals surface area contributed by atoms with E-state index in [0.29, 0.717) is 19.5 Å². The van der Waals surface area contributed by atoms with Crippen LogP contribution in [0.4, 0.5) is 8.78 Å². The van der Waals surface area contributed by atoms with Gasteiger partial charge in [0.05, 0.1) is 0 Å². The summed E-state index contributed by atoms with van der Waals surface area (Å²) < 4.78 is 38.9. The SMILES string of the molecule is CN1CC[C@@H](Oc2ccc3c(c2)CN(C(=O)c2c(O)cc(C(F)F)cc2OCc2ccccc2)CC3)C1. The molecule has 0 bridgehead atoms. The standard InChI is InChI=1S/C29H30F2N2O4/c1-32-11-10-24(17-32)37-23-8-7-20-9-12-33(16-22(20)13-23)29(35)27-25(34)14-21(28(30)31)15-26(27)36-18-19-5-3-2-4-6-19/h2-8,13-15,24,28,34H,9-12,16-18H2,1H3/t24-/m1/s1. The molecule has 8 heteroatoms. The fraction of sp³-hybridized carbons (Fsp3) is 0.345. The number of benzene rings is 3. The lowest BCUT2D eigenvalue weighted by molar-refractivity contribution is 0.0725. The number of likely N-dealkylation sites (tertiary alicyclic amines) is 1. The number of fused-ring (bicyclic) bond motifs is 1. The first-order chi connectivity index (χ1) is 17.9. The summed E-state index contributed by atoms with van der Waals surface area (Å²) in [5.41, 5.74) is 2.41. The number of carbonyl (C=O) groups excluding carboxylic acids is 1. The minimum absolute atomic E-state index is 0.0580. The maximum absolute atomic E-state index is 13.6. The number of hydrogen-bond donors (Lipinski definition) is 1. The molecule has 0 saturated carbocycles. The maximum Gasteiger partial charge on any atom is 0.264 e. The molecule has 0 aromatic heterocycles. The van der Waals surface area contributed by atoms with Crippen LogP contribution in [0.5, 0.6) is 17.2 Å². The second-order valence-corrected chi connectivity index (χ2v) is 9.69. The fourth-order valence-electron chi connectivity index (χ4n) is 4.93. The third-order valence-electron chi connectivity index (χ3n) is 6.93. The monoisotopic (exact) mass is 508 g/mol. The first-order valence-corrected chi connectivity index (χ1v) is 12.5. The zero-order valence-electron chi connectivity index (χ0n) is 20.7. The van der Waals surface area contributed by atoms with Gasteiger partial charge in [-0.05, 0) is 60.8 Å². The van der Waals surface area contributed by atoms with E-state index >= 15 is 0 Å². The van der Waals surface area contributed by atoms with Crippen molar-refractivity contribution < 1.29 is 28.2 Å². The summed E-state index contributed by atoms with van der Waals surface area (Å²) in [4.78, 5) is 17.4. The number of alkyl halides is 2. The summed E-state index contributed by atoms with van der Waals surface area (Å²) in [5.74, 6) is -0.267. The van der Waals surface area contributed by atoms with Crippen molar-refractivity contribution in [2.75, 3.05) is 26.7 Å². The van der Waals surface area contributed by atoms with Crippen molar-refractivity contribution in [1.82, 2.24) is 9.80 Å². The highest BCUT2D eigenvalue weighted by Crippen LogP contribution is 2.36. The van der Waals surface area contributed by atoms with Crippen molar-refractivity contribution in [2.45, 2.75) is 38.5 Å². The molecule has 0 radical (unpaired) electrons. The number of ether oxygens (including phenoxy) is 2.